The molecule has 0 radical (unpaired) electrons. The van der Waals surface area contributed by atoms with Crippen LogP contribution >= 0.6 is 0 Å². The number of hydrogen-bond donors (Lipinski definition) is 1. The van der Waals surface area contributed by atoms with E-state index in [1.54, 1.807) is 36.4 Å². The normalized spacial score (nSPS) is 12.4. The van der Waals surface area contributed by atoms with Crippen molar-refractivity contribution in [2.24, 2.45) is 0 Å². The number of halogens is 6. The minimum Gasteiger partial charge on any atom is -0.284 e. The fourth-order valence-corrected chi connectivity index (χ4v) is 4.07. The molecule has 0 saturated carbocycles. The van der Waals surface area contributed by atoms with E-state index in [-0.39, 0.29) is 22.6 Å². The fraction of sp³-hybridized carbons (Fsp3) is 0.120. The Hall–Kier alpha value is -3.93. The number of nitrogens with zero attached hydrogens (tertiary/aromatic N) is 2. The first-order valence-electron chi connectivity index (χ1n) is 10.5. The predicted molar refractivity (Wildman–Crippen MR) is 127 cm³/mol. The summed E-state index contributed by atoms with van der Waals surface area (Å²) in [5.74, 6) is -0.281. The maximum absolute atomic E-state index is 13.6. The summed E-state index contributed by atoms with van der Waals surface area (Å²) in [6.07, 6.45) is -8.43. The number of alkyl halides is 6. The summed E-state index contributed by atoms with van der Waals surface area (Å²) in [4.78, 5) is 7.85. The maximum atomic E-state index is 13.6. The van der Waals surface area contributed by atoms with Crippen molar-refractivity contribution < 1.29 is 34.8 Å². The van der Waals surface area contributed by atoms with E-state index in [0.717, 1.165) is 30.5 Å². The lowest BCUT2D eigenvalue weighted by molar-refractivity contribution is -0.141. The Morgan fingerprint density at radius 1 is 0.676 bits per heavy atom. The van der Waals surface area contributed by atoms with Gasteiger partial charge in [-0.1, -0.05) is 42.5 Å². The first-order chi connectivity index (χ1) is 17.2. The second-order valence-electron chi connectivity index (χ2n) is 8.07. The summed E-state index contributed by atoms with van der Waals surface area (Å²) in [5, 5.41) is 0. The molecular weight excluding hydrogens is 520 g/mol. The van der Waals surface area contributed by atoms with E-state index < -0.39 is 33.6 Å². The molecule has 0 amide bonds. The van der Waals surface area contributed by atoms with E-state index >= 15 is 0 Å². The third-order valence-electron chi connectivity index (χ3n) is 5.14. The van der Waals surface area contributed by atoms with Gasteiger partial charge in [-0.2, -0.15) is 26.3 Å². The number of rotatable bonds is 5. The molecule has 0 aliphatic heterocycles. The lowest BCUT2D eigenvalue weighted by Crippen LogP contribution is -2.10. The van der Waals surface area contributed by atoms with Crippen LogP contribution in [-0.4, -0.2) is 24.6 Å². The molecule has 12 heteroatoms. The standard InChI is InChI=1S/C25H17F6N3O2S/c1-37(35,36)34-20-7-3-5-17(13-20)16-4-2-6-18(12-16)23-32-21(14-22(33-23)25(29,30)31)15-8-10-19(11-9-15)24(26,27)28/h2-14,34H,1H3. The van der Waals surface area contributed by atoms with Crippen LogP contribution in [0, 0.1) is 0 Å². The van der Waals surface area contributed by atoms with Crippen LogP contribution in [0.15, 0.2) is 78.9 Å². The monoisotopic (exact) mass is 537 g/mol. The molecule has 0 aliphatic carbocycles. The van der Waals surface area contributed by atoms with Crippen molar-refractivity contribution in [3.8, 4) is 33.8 Å². The average Bonchev–Trinajstić information content (AvgIpc) is 2.82. The molecule has 192 valence electrons. The largest absolute Gasteiger partial charge is 0.433 e. The summed E-state index contributed by atoms with van der Waals surface area (Å²) >= 11 is 0. The summed E-state index contributed by atoms with van der Waals surface area (Å²) < 4.78 is 105. The average molecular weight is 537 g/mol. The number of hydrogen-bond acceptors (Lipinski definition) is 4. The van der Waals surface area contributed by atoms with Gasteiger partial charge < -0.3 is 0 Å². The Balaban J connectivity index is 1.78. The van der Waals surface area contributed by atoms with Crippen molar-refractivity contribution in [3.05, 3.63) is 90.1 Å². The summed E-state index contributed by atoms with van der Waals surface area (Å²) in [7, 11) is -3.53. The molecule has 4 rings (SSSR count). The molecule has 3 aromatic carbocycles. The number of sulfonamides is 1. The SMILES string of the molecule is CS(=O)(=O)Nc1cccc(-c2cccc(-c3nc(-c4ccc(C(F)(F)F)cc4)cc(C(F)(F)F)n3)c2)c1. The molecule has 4 aromatic rings. The lowest BCUT2D eigenvalue weighted by atomic mass is 10.0. The third-order valence-corrected chi connectivity index (χ3v) is 5.75. The molecule has 5 nitrogen and oxygen atoms in total. The first-order valence-corrected chi connectivity index (χ1v) is 12.4. The highest BCUT2D eigenvalue weighted by Gasteiger charge is 2.34. The quantitative estimate of drug-likeness (QED) is 0.282. The Morgan fingerprint density at radius 2 is 1.27 bits per heavy atom. The van der Waals surface area contributed by atoms with Gasteiger partial charge in [0.1, 0.15) is 5.69 Å². The van der Waals surface area contributed by atoms with Gasteiger partial charge in [-0.3, -0.25) is 4.72 Å². The molecule has 1 N–H and O–H groups in total. The van der Waals surface area contributed by atoms with E-state index in [9.17, 15) is 34.8 Å². The number of anilines is 1. The second-order valence-corrected chi connectivity index (χ2v) is 9.82. The van der Waals surface area contributed by atoms with Crippen LogP contribution in [0.4, 0.5) is 32.0 Å². The van der Waals surface area contributed by atoms with E-state index in [1.165, 1.54) is 12.1 Å². The highest BCUT2D eigenvalue weighted by Crippen LogP contribution is 2.35. The van der Waals surface area contributed by atoms with Crippen molar-refractivity contribution in [1.29, 1.82) is 0 Å². The van der Waals surface area contributed by atoms with Crippen LogP contribution in [0.3, 0.4) is 0 Å². The molecule has 1 aromatic heterocycles. The summed E-state index contributed by atoms with van der Waals surface area (Å²) in [6.45, 7) is 0. The van der Waals surface area contributed by atoms with Crippen molar-refractivity contribution in [2.75, 3.05) is 11.0 Å². The van der Waals surface area contributed by atoms with E-state index in [0.29, 0.717) is 22.9 Å². The van der Waals surface area contributed by atoms with Crippen molar-refractivity contribution in [2.45, 2.75) is 12.4 Å². The number of aromatic nitrogens is 2. The van der Waals surface area contributed by atoms with Gasteiger partial charge in [-0.05, 0) is 47.5 Å². The Bertz CT molecular complexity index is 1550. The first kappa shape index (κ1) is 26.1. The molecule has 37 heavy (non-hydrogen) atoms. The van der Waals surface area contributed by atoms with E-state index in [4.69, 9.17) is 0 Å². The maximum Gasteiger partial charge on any atom is 0.433 e. The van der Waals surface area contributed by atoms with Gasteiger partial charge >= 0.3 is 12.4 Å². The van der Waals surface area contributed by atoms with Crippen LogP contribution in [0.25, 0.3) is 33.8 Å². The van der Waals surface area contributed by atoms with Crippen LogP contribution in [-0.2, 0) is 22.4 Å². The van der Waals surface area contributed by atoms with Crippen LogP contribution in [0.1, 0.15) is 11.3 Å². The van der Waals surface area contributed by atoms with Crippen molar-refractivity contribution in [1.82, 2.24) is 9.97 Å². The topological polar surface area (TPSA) is 72.0 Å². The van der Waals surface area contributed by atoms with Gasteiger partial charge in [0.15, 0.2) is 5.82 Å². The van der Waals surface area contributed by atoms with Gasteiger partial charge in [0, 0.05) is 16.8 Å². The van der Waals surface area contributed by atoms with Gasteiger partial charge in [0.25, 0.3) is 0 Å². The molecule has 0 spiro atoms. The van der Waals surface area contributed by atoms with Gasteiger partial charge in [-0.25, -0.2) is 18.4 Å². The Morgan fingerprint density at radius 3 is 1.86 bits per heavy atom. The predicted octanol–water partition coefficient (Wildman–Crippen LogP) is 6.89. The van der Waals surface area contributed by atoms with Crippen LogP contribution in [0.5, 0.6) is 0 Å². The van der Waals surface area contributed by atoms with Gasteiger partial charge in [0.2, 0.25) is 10.0 Å². The molecule has 0 bridgehead atoms. The summed E-state index contributed by atoms with van der Waals surface area (Å²) in [5.41, 5.74) is -0.701. The minimum absolute atomic E-state index is 0.0536. The fourth-order valence-electron chi connectivity index (χ4n) is 3.51. The molecule has 0 fully saturated rings. The molecule has 1 heterocycles. The lowest BCUT2D eigenvalue weighted by Gasteiger charge is -2.13. The molecular formula is C25H17F6N3O2S. The zero-order valence-corrected chi connectivity index (χ0v) is 19.7. The molecule has 0 unspecified atom stereocenters. The van der Waals surface area contributed by atoms with Crippen LogP contribution in [0.2, 0.25) is 0 Å². The van der Waals surface area contributed by atoms with Crippen molar-refractivity contribution >= 4 is 15.7 Å². The van der Waals surface area contributed by atoms with Crippen molar-refractivity contribution in [3.63, 3.8) is 0 Å². The van der Waals surface area contributed by atoms with Gasteiger partial charge in [0.05, 0.1) is 17.5 Å². The number of benzene rings is 3. The highest BCUT2D eigenvalue weighted by molar-refractivity contribution is 7.92. The summed E-state index contributed by atoms with van der Waals surface area (Å²) in [6, 6.07) is 17.0. The molecule has 0 aliphatic rings. The van der Waals surface area contributed by atoms with E-state index in [1.807, 2.05) is 0 Å². The second kappa shape index (κ2) is 9.51. The minimum atomic E-state index is -4.83. The molecule has 0 atom stereocenters. The zero-order valence-electron chi connectivity index (χ0n) is 18.9. The highest BCUT2D eigenvalue weighted by atomic mass is 32.2. The smallest absolute Gasteiger partial charge is 0.284 e. The van der Waals surface area contributed by atoms with Crippen LogP contribution < -0.4 is 4.72 Å². The zero-order chi connectivity index (χ0) is 27.0. The Kier molecular flexibility index (Phi) is 6.72. The number of nitrogens with one attached hydrogen (secondary N) is 1. The third kappa shape index (κ3) is 6.45. The van der Waals surface area contributed by atoms with E-state index in [2.05, 4.69) is 14.7 Å². The molecule has 0 saturated heterocycles. The van der Waals surface area contributed by atoms with Gasteiger partial charge in [-0.15, -0.1) is 0 Å². The Labute approximate surface area is 207 Å².